The lowest BCUT2D eigenvalue weighted by molar-refractivity contribution is 0.0954. The number of likely N-dealkylation sites (N-methyl/N-ethyl adjacent to an activating group) is 1. The van der Waals surface area contributed by atoms with Gasteiger partial charge >= 0.3 is 0 Å². The smallest absolute Gasteiger partial charge is 0.162 e. The largest absolute Gasteiger partial charge is 0.378 e. The fraction of sp³-hybridized carbons (Fsp3) is 0.600. The van der Waals surface area contributed by atoms with Crippen LogP contribution in [0.2, 0.25) is 0 Å². The van der Waals surface area contributed by atoms with Crippen LogP contribution in [-0.2, 0) is 11.2 Å². The van der Waals surface area contributed by atoms with E-state index in [-0.39, 0.29) is 12.1 Å². The van der Waals surface area contributed by atoms with Crippen molar-refractivity contribution < 1.29 is 13.5 Å². The molecule has 0 aromatic heterocycles. The van der Waals surface area contributed by atoms with Gasteiger partial charge in [-0.15, -0.1) is 0 Å². The van der Waals surface area contributed by atoms with Crippen LogP contribution in [0.1, 0.15) is 25.8 Å². The van der Waals surface area contributed by atoms with Crippen molar-refractivity contribution in [3.8, 4) is 0 Å². The van der Waals surface area contributed by atoms with Gasteiger partial charge in [0, 0.05) is 18.6 Å². The van der Waals surface area contributed by atoms with Crippen LogP contribution >= 0.6 is 0 Å². The first-order valence-corrected chi connectivity index (χ1v) is 6.91. The Bertz CT molecular complexity index is 425. The van der Waals surface area contributed by atoms with E-state index >= 15 is 0 Å². The summed E-state index contributed by atoms with van der Waals surface area (Å²) >= 11 is 0. The highest BCUT2D eigenvalue weighted by Crippen LogP contribution is 2.26. The second-order valence-corrected chi connectivity index (χ2v) is 5.11. The highest BCUT2D eigenvalue weighted by atomic mass is 19.2. The molecule has 3 unspecified atom stereocenters. The first kappa shape index (κ1) is 14.4. The monoisotopic (exact) mass is 269 g/mol. The van der Waals surface area contributed by atoms with Crippen LogP contribution in [0, 0.1) is 17.6 Å². The average Bonchev–Trinajstić information content (AvgIpc) is 2.80. The van der Waals surface area contributed by atoms with Gasteiger partial charge in [0.1, 0.15) is 0 Å². The quantitative estimate of drug-likeness (QED) is 0.887. The van der Waals surface area contributed by atoms with E-state index in [9.17, 15) is 8.78 Å². The normalized spacial score (nSPS) is 24.6. The van der Waals surface area contributed by atoms with E-state index in [1.165, 1.54) is 0 Å². The molecule has 2 nitrogen and oxygen atoms in total. The maximum Gasteiger partial charge on any atom is 0.162 e. The molecule has 0 aliphatic carbocycles. The molecule has 0 bridgehead atoms. The van der Waals surface area contributed by atoms with Gasteiger partial charge in [-0.1, -0.05) is 19.1 Å². The van der Waals surface area contributed by atoms with Crippen LogP contribution in [0.15, 0.2) is 18.2 Å². The lowest BCUT2D eigenvalue weighted by Gasteiger charge is -2.27. The molecule has 1 saturated heterocycles. The van der Waals surface area contributed by atoms with Crippen LogP contribution in [0.25, 0.3) is 0 Å². The summed E-state index contributed by atoms with van der Waals surface area (Å²) in [4.78, 5) is 0. The Morgan fingerprint density at radius 3 is 2.84 bits per heavy atom. The minimum Gasteiger partial charge on any atom is -0.378 e. The van der Waals surface area contributed by atoms with Crippen LogP contribution in [0.4, 0.5) is 8.78 Å². The Labute approximate surface area is 113 Å². The number of hydrogen-bond donors (Lipinski definition) is 1. The molecule has 3 atom stereocenters. The zero-order valence-electron chi connectivity index (χ0n) is 11.5. The summed E-state index contributed by atoms with van der Waals surface area (Å²) in [5.41, 5.74) is 0.435. The van der Waals surface area contributed by atoms with Gasteiger partial charge < -0.3 is 10.1 Å². The molecule has 2 rings (SSSR count). The van der Waals surface area contributed by atoms with E-state index in [1.807, 2.05) is 13.8 Å². The van der Waals surface area contributed by atoms with Crippen molar-refractivity contribution in [2.75, 3.05) is 13.2 Å². The van der Waals surface area contributed by atoms with Gasteiger partial charge in [-0.2, -0.15) is 0 Å². The zero-order valence-corrected chi connectivity index (χ0v) is 11.5. The van der Waals surface area contributed by atoms with Crippen molar-refractivity contribution in [2.45, 2.75) is 38.8 Å². The van der Waals surface area contributed by atoms with E-state index in [1.54, 1.807) is 12.1 Å². The zero-order chi connectivity index (χ0) is 13.8. The van der Waals surface area contributed by atoms with E-state index in [4.69, 9.17) is 4.74 Å². The summed E-state index contributed by atoms with van der Waals surface area (Å²) in [6, 6.07) is 4.50. The SMILES string of the molecule is CCNC(Cc1cccc(F)c1F)C1CCOC1C. The number of hydrogen-bond acceptors (Lipinski definition) is 2. The second-order valence-electron chi connectivity index (χ2n) is 5.11. The van der Waals surface area contributed by atoms with E-state index < -0.39 is 11.6 Å². The molecule has 0 radical (unpaired) electrons. The first-order chi connectivity index (χ1) is 9.13. The van der Waals surface area contributed by atoms with E-state index in [0.717, 1.165) is 25.6 Å². The molecule has 0 amide bonds. The molecule has 19 heavy (non-hydrogen) atoms. The van der Waals surface area contributed by atoms with Crippen LogP contribution in [0.5, 0.6) is 0 Å². The molecule has 0 spiro atoms. The Kier molecular flexibility index (Phi) is 4.88. The van der Waals surface area contributed by atoms with Gasteiger partial charge in [-0.25, -0.2) is 8.78 Å². The molecule has 4 heteroatoms. The standard InChI is InChI=1S/C15H21F2NO/c1-3-18-14(12-7-8-19-10(12)2)9-11-5-4-6-13(16)15(11)17/h4-6,10,12,14,18H,3,7-9H2,1-2H3. The first-order valence-electron chi connectivity index (χ1n) is 6.91. The summed E-state index contributed by atoms with van der Waals surface area (Å²) in [5, 5.41) is 3.38. The number of ether oxygens (including phenoxy) is 1. The Morgan fingerprint density at radius 1 is 1.42 bits per heavy atom. The summed E-state index contributed by atoms with van der Waals surface area (Å²) < 4.78 is 32.6. The van der Waals surface area contributed by atoms with Gasteiger partial charge in [0.2, 0.25) is 0 Å². The Morgan fingerprint density at radius 2 is 2.21 bits per heavy atom. The molecule has 1 N–H and O–H groups in total. The van der Waals surface area contributed by atoms with Gasteiger partial charge in [-0.3, -0.25) is 0 Å². The highest BCUT2D eigenvalue weighted by Gasteiger charge is 2.32. The van der Waals surface area contributed by atoms with Crippen molar-refractivity contribution in [3.05, 3.63) is 35.4 Å². The number of rotatable bonds is 5. The molecule has 1 aliphatic heterocycles. The van der Waals surface area contributed by atoms with Crippen molar-refractivity contribution in [1.82, 2.24) is 5.32 Å². The summed E-state index contributed by atoms with van der Waals surface area (Å²) in [6.07, 6.45) is 1.63. The second kappa shape index (κ2) is 6.44. The van der Waals surface area contributed by atoms with Crippen LogP contribution < -0.4 is 5.32 Å². The maximum absolute atomic E-state index is 13.8. The van der Waals surface area contributed by atoms with E-state index in [0.29, 0.717) is 17.9 Å². The topological polar surface area (TPSA) is 21.3 Å². The molecule has 1 aliphatic rings. The molecule has 1 fully saturated rings. The molecule has 1 heterocycles. The van der Waals surface area contributed by atoms with Crippen LogP contribution in [-0.4, -0.2) is 25.3 Å². The number of halogens is 2. The maximum atomic E-state index is 13.8. The lowest BCUT2D eigenvalue weighted by Crippen LogP contribution is -2.41. The molecule has 1 aromatic carbocycles. The Balaban J connectivity index is 2.14. The minimum atomic E-state index is -0.775. The van der Waals surface area contributed by atoms with Crippen molar-refractivity contribution in [3.63, 3.8) is 0 Å². The minimum absolute atomic E-state index is 0.124. The number of nitrogens with one attached hydrogen (secondary N) is 1. The summed E-state index contributed by atoms with van der Waals surface area (Å²) in [6.45, 7) is 5.63. The molecular weight excluding hydrogens is 248 g/mol. The van der Waals surface area contributed by atoms with Gasteiger partial charge in [0.15, 0.2) is 11.6 Å². The summed E-state index contributed by atoms with van der Waals surface area (Å²) in [5.74, 6) is -1.15. The van der Waals surface area contributed by atoms with Gasteiger partial charge in [-0.05, 0) is 37.9 Å². The van der Waals surface area contributed by atoms with Crippen molar-refractivity contribution in [2.24, 2.45) is 5.92 Å². The predicted octanol–water partition coefficient (Wildman–Crippen LogP) is 2.91. The molecular formula is C15H21F2NO. The van der Waals surface area contributed by atoms with Gasteiger partial charge in [0.05, 0.1) is 6.10 Å². The predicted molar refractivity (Wildman–Crippen MR) is 71.0 cm³/mol. The summed E-state index contributed by atoms with van der Waals surface area (Å²) in [7, 11) is 0. The van der Waals surface area contributed by atoms with Gasteiger partial charge in [0.25, 0.3) is 0 Å². The molecule has 1 aromatic rings. The Hall–Kier alpha value is -1.00. The van der Waals surface area contributed by atoms with E-state index in [2.05, 4.69) is 5.32 Å². The number of benzene rings is 1. The highest BCUT2D eigenvalue weighted by molar-refractivity contribution is 5.20. The van der Waals surface area contributed by atoms with Crippen molar-refractivity contribution >= 4 is 0 Å². The third-order valence-electron chi connectivity index (χ3n) is 3.89. The van der Waals surface area contributed by atoms with Crippen molar-refractivity contribution in [1.29, 1.82) is 0 Å². The third-order valence-corrected chi connectivity index (χ3v) is 3.89. The molecule has 0 saturated carbocycles. The third kappa shape index (κ3) is 3.31. The molecule has 106 valence electrons. The fourth-order valence-corrected chi connectivity index (χ4v) is 2.86. The fourth-order valence-electron chi connectivity index (χ4n) is 2.86. The van der Waals surface area contributed by atoms with Crippen LogP contribution in [0.3, 0.4) is 0 Å². The lowest BCUT2D eigenvalue weighted by atomic mass is 9.88. The average molecular weight is 269 g/mol.